The Hall–Kier alpha value is -1.49. The van der Waals surface area contributed by atoms with Crippen molar-refractivity contribution in [1.82, 2.24) is 14.8 Å². The molecular formula is C15H26N4O. The molecule has 2 rings (SSSR count). The van der Waals surface area contributed by atoms with Gasteiger partial charge in [0.2, 0.25) is 0 Å². The summed E-state index contributed by atoms with van der Waals surface area (Å²) < 4.78 is 7.43. The lowest BCUT2D eigenvalue weighted by molar-refractivity contribution is -0.0946. The van der Waals surface area contributed by atoms with Crippen LogP contribution in [0.25, 0.3) is 0 Å². The Morgan fingerprint density at radius 2 is 2.30 bits per heavy atom. The molecule has 0 radical (unpaired) electrons. The van der Waals surface area contributed by atoms with Gasteiger partial charge in [0, 0.05) is 37.9 Å². The van der Waals surface area contributed by atoms with Crippen LogP contribution in [0.15, 0.2) is 23.3 Å². The Morgan fingerprint density at radius 3 is 2.80 bits per heavy atom. The fourth-order valence-electron chi connectivity index (χ4n) is 2.26. The smallest absolute Gasteiger partial charge is 0.194 e. The number of ether oxygens (including phenoxy) is 1. The van der Waals surface area contributed by atoms with Gasteiger partial charge in [-0.05, 0) is 19.1 Å². The Bertz CT molecular complexity index is 462. The van der Waals surface area contributed by atoms with Crippen molar-refractivity contribution < 1.29 is 4.74 Å². The summed E-state index contributed by atoms with van der Waals surface area (Å²) in [6.45, 7) is 8.49. The van der Waals surface area contributed by atoms with E-state index in [-0.39, 0.29) is 5.41 Å². The lowest BCUT2D eigenvalue weighted by Crippen LogP contribution is -2.44. The van der Waals surface area contributed by atoms with Crippen molar-refractivity contribution in [2.45, 2.75) is 20.4 Å². The van der Waals surface area contributed by atoms with Crippen LogP contribution in [-0.2, 0) is 18.3 Å². The predicted octanol–water partition coefficient (Wildman–Crippen LogP) is 1.46. The van der Waals surface area contributed by atoms with Gasteiger partial charge in [0.1, 0.15) is 0 Å². The summed E-state index contributed by atoms with van der Waals surface area (Å²) in [5.74, 6) is 0.960. The second-order valence-corrected chi connectivity index (χ2v) is 5.94. The SMILES string of the molecule is CCNC(=NCC1(C)COC1)N(C)Cc1cccn1C. The van der Waals surface area contributed by atoms with Gasteiger partial charge in [0.15, 0.2) is 5.96 Å². The number of nitrogens with zero attached hydrogens (tertiary/aromatic N) is 3. The topological polar surface area (TPSA) is 41.8 Å². The number of hydrogen-bond donors (Lipinski definition) is 1. The molecule has 0 saturated carbocycles. The van der Waals surface area contributed by atoms with Crippen molar-refractivity contribution in [2.75, 3.05) is 33.4 Å². The van der Waals surface area contributed by atoms with E-state index in [1.807, 2.05) is 0 Å². The van der Waals surface area contributed by atoms with E-state index < -0.39 is 0 Å². The Morgan fingerprint density at radius 1 is 1.55 bits per heavy atom. The molecule has 20 heavy (non-hydrogen) atoms. The summed E-state index contributed by atoms with van der Waals surface area (Å²) in [5.41, 5.74) is 1.49. The average Bonchev–Trinajstić information content (AvgIpc) is 2.78. The minimum Gasteiger partial charge on any atom is -0.380 e. The van der Waals surface area contributed by atoms with Crippen LogP contribution < -0.4 is 5.32 Å². The zero-order chi connectivity index (χ0) is 14.6. The lowest BCUT2D eigenvalue weighted by atomic mass is 9.89. The molecule has 0 amide bonds. The van der Waals surface area contributed by atoms with E-state index in [0.29, 0.717) is 0 Å². The molecule has 2 heterocycles. The van der Waals surface area contributed by atoms with Gasteiger partial charge in [-0.25, -0.2) is 0 Å². The summed E-state index contributed by atoms with van der Waals surface area (Å²) in [6.07, 6.45) is 2.07. The van der Waals surface area contributed by atoms with Gasteiger partial charge in [-0.15, -0.1) is 0 Å². The molecule has 1 saturated heterocycles. The standard InChI is InChI=1S/C15H26N4O/c1-5-16-14(17-10-15(2)11-20-12-15)19(4)9-13-7-6-8-18(13)3/h6-8H,5,9-12H2,1-4H3,(H,16,17). The summed E-state index contributed by atoms with van der Waals surface area (Å²) in [6, 6.07) is 4.21. The van der Waals surface area contributed by atoms with E-state index in [9.17, 15) is 0 Å². The summed E-state index contributed by atoms with van der Waals surface area (Å²) in [4.78, 5) is 6.93. The number of guanidine groups is 1. The number of hydrogen-bond acceptors (Lipinski definition) is 2. The molecule has 0 spiro atoms. The number of aryl methyl sites for hydroxylation is 1. The molecule has 5 heteroatoms. The van der Waals surface area contributed by atoms with Gasteiger partial charge in [-0.2, -0.15) is 0 Å². The number of aromatic nitrogens is 1. The van der Waals surface area contributed by atoms with Gasteiger partial charge >= 0.3 is 0 Å². The molecule has 1 aliphatic heterocycles. The summed E-state index contributed by atoms with van der Waals surface area (Å²) in [5, 5.41) is 3.36. The Balaban J connectivity index is 1.99. The minimum atomic E-state index is 0.215. The highest BCUT2D eigenvalue weighted by Crippen LogP contribution is 2.26. The van der Waals surface area contributed by atoms with Crippen LogP contribution in [0.3, 0.4) is 0 Å². The monoisotopic (exact) mass is 278 g/mol. The third-order valence-corrected chi connectivity index (χ3v) is 3.66. The van der Waals surface area contributed by atoms with Crippen molar-refractivity contribution >= 4 is 5.96 Å². The zero-order valence-corrected chi connectivity index (χ0v) is 13.0. The van der Waals surface area contributed by atoms with Crippen LogP contribution in [0.5, 0.6) is 0 Å². The van der Waals surface area contributed by atoms with E-state index in [0.717, 1.165) is 38.8 Å². The molecular weight excluding hydrogens is 252 g/mol. The molecule has 0 aromatic carbocycles. The third kappa shape index (κ3) is 3.54. The van der Waals surface area contributed by atoms with E-state index >= 15 is 0 Å². The molecule has 1 N–H and O–H groups in total. The van der Waals surface area contributed by atoms with Crippen LogP contribution in [0, 0.1) is 5.41 Å². The van der Waals surface area contributed by atoms with Gasteiger partial charge in [0.05, 0.1) is 26.3 Å². The van der Waals surface area contributed by atoms with E-state index in [1.165, 1.54) is 5.69 Å². The normalized spacial score (nSPS) is 17.7. The molecule has 0 aliphatic carbocycles. The van der Waals surface area contributed by atoms with Crippen LogP contribution >= 0.6 is 0 Å². The van der Waals surface area contributed by atoms with Gasteiger partial charge < -0.3 is 19.5 Å². The zero-order valence-electron chi connectivity index (χ0n) is 13.0. The molecule has 0 unspecified atom stereocenters. The molecule has 1 aromatic heterocycles. The van der Waals surface area contributed by atoms with Crippen LogP contribution in [0.2, 0.25) is 0 Å². The maximum atomic E-state index is 5.28. The van der Waals surface area contributed by atoms with Gasteiger partial charge in [0.25, 0.3) is 0 Å². The molecule has 1 fully saturated rings. The highest BCUT2D eigenvalue weighted by molar-refractivity contribution is 5.79. The molecule has 0 bridgehead atoms. The maximum absolute atomic E-state index is 5.28. The summed E-state index contributed by atoms with van der Waals surface area (Å²) in [7, 11) is 4.15. The van der Waals surface area contributed by atoms with Crippen molar-refractivity contribution in [1.29, 1.82) is 0 Å². The molecule has 1 aliphatic rings. The van der Waals surface area contributed by atoms with Crippen LogP contribution in [-0.4, -0.2) is 48.8 Å². The second kappa shape index (κ2) is 6.31. The Kier molecular flexibility index (Phi) is 4.70. The molecule has 1 aromatic rings. The molecule has 112 valence electrons. The predicted molar refractivity (Wildman–Crippen MR) is 81.8 cm³/mol. The van der Waals surface area contributed by atoms with Gasteiger partial charge in [-0.3, -0.25) is 4.99 Å². The first-order valence-electron chi connectivity index (χ1n) is 7.21. The first-order chi connectivity index (χ1) is 9.54. The number of aliphatic imine (C=N–C) groups is 1. The van der Waals surface area contributed by atoms with Crippen molar-refractivity contribution in [2.24, 2.45) is 17.5 Å². The summed E-state index contributed by atoms with van der Waals surface area (Å²) >= 11 is 0. The highest BCUT2D eigenvalue weighted by Gasteiger charge is 2.33. The number of rotatable bonds is 5. The Labute approximate surface area is 121 Å². The molecule has 5 nitrogen and oxygen atoms in total. The maximum Gasteiger partial charge on any atom is 0.194 e. The number of nitrogens with one attached hydrogen (secondary N) is 1. The third-order valence-electron chi connectivity index (χ3n) is 3.66. The van der Waals surface area contributed by atoms with Crippen LogP contribution in [0.1, 0.15) is 19.5 Å². The minimum absolute atomic E-state index is 0.215. The lowest BCUT2D eigenvalue weighted by Gasteiger charge is -2.37. The highest BCUT2D eigenvalue weighted by atomic mass is 16.5. The van der Waals surface area contributed by atoms with Gasteiger partial charge in [-0.1, -0.05) is 6.92 Å². The average molecular weight is 278 g/mol. The first kappa shape index (κ1) is 14.9. The van der Waals surface area contributed by atoms with Crippen molar-refractivity contribution in [3.8, 4) is 0 Å². The van der Waals surface area contributed by atoms with E-state index in [2.05, 4.69) is 61.1 Å². The van der Waals surface area contributed by atoms with Crippen molar-refractivity contribution in [3.63, 3.8) is 0 Å². The van der Waals surface area contributed by atoms with Crippen molar-refractivity contribution in [3.05, 3.63) is 24.0 Å². The second-order valence-electron chi connectivity index (χ2n) is 5.94. The molecule has 0 atom stereocenters. The first-order valence-corrected chi connectivity index (χ1v) is 7.21. The van der Waals surface area contributed by atoms with E-state index in [1.54, 1.807) is 0 Å². The largest absolute Gasteiger partial charge is 0.380 e. The quantitative estimate of drug-likeness (QED) is 0.655. The fourth-order valence-corrected chi connectivity index (χ4v) is 2.26. The van der Waals surface area contributed by atoms with E-state index in [4.69, 9.17) is 9.73 Å². The van der Waals surface area contributed by atoms with Crippen LogP contribution in [0.4, 0.5) is 0 Å². The fraction of sp³-hybridized carbons (Fsp3) is 0.667.